The van der Waals surface area contributed by atoms with Gasteiger partial charge in [0, 0.05) is 6.04 Å². The Hall–Kier alpha value is -0.0400. The van der Waals surface area contributed by atoms with Crippen molar-refractivity contribution in [2.45, 2.75) is 70.8 Å². The van der Waals surface area contributed by atoms with Gasteiger partial charge in [-0.3, -0.25) is 0 Å². The van der Waals surface area contributed by atoms with E-state index in [2.05, 4.69) is 19.3 Å². The molecular weight excluding hydrogens is 194 g/mol. The largest absolute Gasteiger partial charge is 0.316 e. The Balaban J connectivity index is 1.88. The van der Waals surface area contributed by atoms with Crippen molar-refractivity contribution in [2.24, 2.45) is 17.8 Å². The smallest absolute Gasteiger partial charge is 0.0121 e. The van der Waals surface area contributed by atoms with Crippen molar-refractivity contribution in [2.75, 3.05) is 7.05 Å². The highest BCUT2D eigenvalue weighted by molar-refractivity contribution is 4.86. The van der Waals surface area contributed by atoms with Crippen molar-refractivity contribution >= 4 is 0 Å². The molecule has 2 aliphatic carbocycles. The molecule has 0 amide bonds. The highest BCUT2D eigenvalue weighted by atomic mass is 14.9. The molecule has 1 nitrogen and oxygen atoms in total. The minimum absolute atomic E-state index is 0.827. The first-order chi connectivity index (χ1) is 7.81. The second-order valence-corrected chi connectivity index (χ2v) is 6.23. The molecule has 2 rings (SSSR count). The summed E-state index contributed by atoms with van der Waals surface area (Å²) < 4.78 is 0. The van der Waals surface area contributed by atoms with Crippen molar-refractivity contribution in [3.63, 3.8) is 0 Å². The Morgan fingerprint density at radius 1 is 0.812 bits per heavy atom. The zero-order chi connectivity index (χ0) is 11.4. The fourth-order valence-corrected chi connectivity index (χ4v) is 3.99. The average molecular weight is 223 g/mol. The minimum Gasteiger partial charge on any atom is -0.316 e. The molecule has 0 radical (unpaired) electrons. The zero-order valence-corrected chi connectivity index (χ0v) is 11.2. The molecule has 0 aromatic rings. The van der Waals surface area contributed by atoms with Gasteiger partial charge in [0.15, 0.2) is 0 Å². The van der Waals surface area contributed by atoms with Gasteiger partial charge in [0.05, 0.1) is 0 Å². The van der Waals surface area contributed by atoms with Crippen LogP contribution in [0.4, 0.5) is 0 Å². The third-order valence-corrected chi connectivity index (χ3v) is 5.06. The maximum Gasteiger partial charge on any atom is 0.0121 e. The van der Waals surface area contributed by atoms with Gasteiger partial charge in [0.25, 0.3) is 0 Å². The van der Waals surface area contributed by atoms with Crippen molar-refractivity contribution in [3.05, 3.63) is 0 Å². The van der Waals surface area contributed by atoms with E-state index in [0.29, 0.717) is 0 Å². The molecule has 1 heteroatoms. The van der Waals surface area contributed by atoms with Crippen LogP contribution in [0.15, 0.2) is 0 Å². The van der Waals surface area contributed by atoms with Crippen LogP contribution in [0.25, 0.3) is 0 Å². The number of nitrogens with one attached hydrogen (secondary N) is 1. The molecule has 94 valence electrons. The molecule has 2 fully saturated rings. The fraction of sp³-hybridized carbons (Fsp3) is 1.00. The van der Waals surface area contributed by atoms with Crippen LogP contribution < -0.4 is 5.32 Å². The molecule has 2 aliphatic rings. The van der Waals surface area contributed by atoms with Crippen molar-refractivity contribution in [1.82, 2.24) is 5.32 Å². The van der Waals surface area contributed by atoms with Crippen molar-refractivity contribution < 1.29 is 0 Å². The lowest BCUT2D eigenvalue weighted by Gasteiger charge is -2.38. The van der Waals surface area contributed by atoms with Gasteiger partial charge in [-0.05, 0) is 50.5 Å². The molecule has 16 heavy (non-hydrogen) atoms. The third-order valence-electron chi connectivity index (χ3n) is 5.06. The Kier molecular flexibility index (Phi) is 4.69. The lowest BCUT2D eigenvalue weighted by molar-refractivity contribution is 0.163. The van der Waals surface area contributed by atoms with Gasteiger partial charge >= 0.3 is 0 Å². The summed E-state index contributed by atoms with van der Waals surface area (Å²) in [5.41, 5.74) is 0. The molecule has 0 heterocycles. The van der Waals surface area contributed by atoms with Crippen LogP contribution in [0.5, 0.6) is 0 Å². The van der Waals surface area contributed by atoms with Crippen LogP contribution in [0.2, 0.25) is 0 Å². The van der Waals surface area contributed by atoms with E-state index in [-0.39, 0.29) is 0 Å². The quantitative estimate of drug-likeness (QED) is 0.763. The van der Waals surface area contributed by atoms with Crippen LogP contribution >= 0.6 is 0 Å². The Bertz CT molecular complexity index is 188. The zero-order valence-electron chi connectivity index (χ0n) is 11.2. The summed E-state index contributed by atoms with van der Waals surface area (Å²) in [6.45, 7) is 2.42. The van der Waals surface area contributed by atoms with Crippen molar-refractivity contribution in [3.8, 4) is 0 Å². The van der Waals surface area contributed by atoms with Gasteiger partial charge in [0.1, 0.15) is 0 Å². The van der Waals surface area contributed by atoms with Gasteiger partial charge in [-0.1, -0.05) is 39.0 Å². The standard InChI is InChI=1S/C15H29N/c1-12-8-10-14(11-9-12)15(16-2)13-6-4-3-5-7-13/h12-16H,3-11H2,1-2H3. The molecular formula is C15H29N. The Labute approximate surface area is 101 Å². The predicted octanol–water partition coefficient (Wildman–Crippen LogP) is 3.98. The molecule has 1 N–H and O–H groups in total. The first kappa shape index (κ1) is 12.4. The second-order valence-electron chi connectivity index (χ2n) is 6.23. The molecule has 1 unspecified atom stereocenters. The van der Waals surface area contributed by atoms with Crippen molar-refractivity contribution in [1.29, 1.82) is 0 Å². The van der Waals surface area contributed by atoms with E-state index < -0.39 is 0 Å². The summed E-state index contributed by atoms with van der Waals surface area (Å²) in [6, 6.07) is 0.827. The maximum atomic E-state index is 3.66. The van der Waals surface area contributed by atoms with Gasteiger partial charge in [-0.2, -0.15) is 0 Å². The van der Waals surface area contributed by atoms with Crippen LogP contribution in [-0.2, 0) is 0 Å². The second kappa shape index (κ2) is 6.05. The SMILES string of the molecule is CNC(C1CCCCC1)C1CCC(C)CC1. The van der Waals surface area contributed by atoms with Crippen LogP contribution in [0.1, 0.15) is 64.7 Å². The maximum absolute atomic E-state index is 3.66. The summed E-state index contributed by atoms with van der Waals surface area (Å²) in [4.78, 5) is 0. The van der Waals surface area contributed by atoms with Crippen LogP contribution in [0, 0.1) is 17.8 Å². The lowest BCUT2D eigenvalue weighted by atomic mass is 9.72. The summed E-state index contributed by atoms with van der Waals surface area (Å²) >= 11 is 0. The van der Waals surface area contributed by atoms with Crippen LogP contribution in [0.3, 0.4) is 0 Å². The van der Waals surface area contributed by atoms with E-state index >= 15 is 0 Å². The summed E-state index contributed by atoms with van der Waals surface area (Å²) in [6.07, 6.45) is 13.3. The minimum atomic E-state index is 0.827. The number of hydrogen-bond acceptors (Lipinski definition) is 1. The molecule has 0 aromatic heterocycles. The van der Waals surface area contributed by atoms with E-state index in [1.807, 2.05) is 0 Å². The molecule has 0 aromatic carbocycles. The summed E-state index contributed by atoms with van der Waals surface area (Å²) in [5, 5.41) is 3.66. The van der Waals surface area contributed by atoms with Gasteiger partial charge in [-0.25, -0.2) is 0 Å². The van der Waals surface area contributed by atoms with E-state index in [1.54, 1.807) is 0 Å². The Morgan fingerprint density at radius 3 is 1.94 bits per heavy atom. The number of hydrogen-bond donors (Lipinski definition) is 1. The average Bonchev–Trinajstić information content (AvgIpc) is 2.34. The molecule has 1 atom stereocenters. The van der Waals surface area contributed by atoms with Gasteiger partial charge in [-0.15, -0.1) is 0 Å². The first-order valence-corrected chi connectivity index (χ1v) is 7.48. The van der Waals surface area contributed by atoms with E-state index in [9.17, 15) is 0 Å². The highest BCUT2D eigenvalue weighted by Crippen LogP contribution is 2.36. The molecule has 2 saturated carbocycles. The van der Waals surface area contributed by atoms with Crippen LogP contribution in [-0.4, -0.2) is 13.1 Å². The van der Waals surface area contributed by atoms with Gasteiger partial charge in [0.2, 0.25) is 0 Å². The van der Waals surface area contributed by atoms with Gasteiger partial charge < -0.3 is 5.32 Å². The van der Waals surface area contributed by atoms with E-state index in [4.69, 9.17) is 0 Å². The summed E-state index contributed by atoms with van der Waals surface area (Å²) in [5.74, 6) is 2.95. The van der Waals surface area contributed by atoms with E-state index in [0.717, 1.165) is 23.8 Å². The fourth-order valence-electron chi connectivity index (χ4n) is 3.99. The first-order valence-electron chi connectivity index (χ1n) is 7.48. The summed E-state index contributed by atoms with van der Waals surface area (Å²) in [7, 11) is 2.19. The Morgan fingerprint density at radius 2 is 1.38 bits per heavy atom. The number of rotatable bonds is 3. The normalized spacial score (nSPS) is 34.9. The predicted molar refractivity (Wildman–Crippen MR) is 70.5 cm³/mol. The lowest BCUT2D eigenvalue weighted by Crippen LogP contribution is -2.42. The molecule has 0 spiro atoms. The highest BCUT2D eigenvalue weighted by Gasteiger charge is 2.31. The molecule has 0 saturated heterocycles. The molecule has 0 bridgehead atoms. The topological polar surface area (TPSA) is 12.0 Å². The monoisotopic (exact) mass is 223 g/mol. The molecule has 0 aliphatic heterocycles. The van der Waals surface area contributed by atoms with E-state index in [1.165, 1.54) is 57.8 Å². The third kappa shape index (κ3) is 3.00.